The average molecular weight is 325 g/mol. The molecule has 0 spiro atoms. The lowest BCUT2D eigenvalue weighted by molar-refractivity contribution is 0.305. The number of sulfonamides is 1. The first-order valence-electron chi connectivity index (χ1n) is 6.92. The van der Waals surface area contributed by atoms with Crippen LogP contribution in [0.5, 0.6) is 0 Å². The summed E-state index contributed by atoms with van der Waals surface area (Å²) < 4.78 is 27.3. The molecule has 21 heavy (non-hydrogen) atoms. The van der Waals surface area contributed by atoms with Crippen LogP contribution >= 0.6 is 11.8 Å². The fraction of sp³-hybridized carbons (Fsp3) is 0.467. The van der Waals surface area contributed by atoms with E-state index in [-0.39, 0.29) is 17.5 Å². The quantitative estimate of drug-likeness (QED) is 0.825. The monoisotopic (exact) mass is 325 g/mol. The molecule has 0 bridgehead atoms. The summed E-state index contributed by atoms with van der Waals surface area (Å²) in [6.07, 6.45) is 2.19. The highest BCUT2D eigenvalue weighted by atomic mass is 32.2. The summed E-state index contributed by atoms with van der Waals surface area (Å²) in [5.41, 5.74) is 0.747. The van der Waals surface area contributed by atoms with Crippen LogP contribution in [0.15, 0.2) is 29.2 Å². The molecule has 1 heterocycles. The normalized spacial score (nSPS) is 16.2. The zero-order valence-corrected chi connectivity index (χ0v) is 13.3. The molecule has 4 nitrogen and oxygen atoms in total. The Hall–Kier alpha value is -1.00. The number of benzene rings is 1. The van der Waals surface area contributed by atoms with Crippen molar-refractivity contribution < 1.29 is 13.5 Å². The molecule has 0 saturated carbocycles. The van der Waals surface area contributed by atoms with Crippen LogP contribution in [0.25, 0.3) is 0 Å². The molecule has 2 rings (SSSR count). The van der Waals surface area contributed by atoms with Crippen molar-refractivity contribution in [1.29, 1.82) is 0 Å². The van der Waals surface area contributed by atoms with E-state index >= 15 is 0 Å². The number of rotatable bonds is 4. The molecule has 1 fully saturated rings. The summed E-state index contributed by atoms with van der Waals surface area (Å²) in [6, 6.07) is 6.57. The molecule has 0 aliphatic carbocycles. The number of thioether (sulfide) groups is 1. The van der Waals surface area contributed by atoms with Gasteiger partial charge in [-0.3, -0.25) is 0 Å². The van der Waals surface area contributed by atoms with Gasteiger partial charge in [0, 0.05) is 18.0 Å². The predicted molar refractivity (Wildman–Crippen MR) is 85.7 cm³/mol. The topological polar surface area (TPSA) is 66.4 Å². The molecule has 1 saturated heterocycles. The van der Waals surface area contributed by atoms with E-state index in [1.807, 2.05) is 11.8 Å². The van der Waals surface area contributed by atoms with E-state index in [1.54, 1.807) is 24.3 Å². The van der Waals surface area contributed by atoms with Crippen LogP contribution in [-0.2, 0) is 10.0 Å². The third-order valence-electron chi connectivity index (χ3n) is 3.18. The Morgan fingerprint density at radius 1 is 1.24 bits per heavy atom. The largest absolute Gasteiger partial charge is 0.395 e. The SMILES string of the molecule is O=S(=O)(NC1CCSCC1)c1ccc(C#CCCO)cc1. The Morgan fingerprint density at radius 3 is 2.52 bits per heavy atom. The van der Waals surface area contributed by atoms with E-state index in [2.05, 4.69) is 16.6 Å². The number of aliphatic hydroxyl groups excluding tert-OH is 1. The zero-order valence-electron chi connectivity index (χ0n) is 11.7. The van der Waals surface area contributed by atoms with Gasteiger partial charge in [0.2, 0.25) is 10.0 Å². The van der Waals surface area contributed by atoms with Crippen LogP contribution < -0.4 is 4.72 Å². The van der Waals surface area contributed by atoms with E-state index in [9.17, 15) is 8.42 Å². The Kier molecular flexibility index (Phi) is 6.12. The summed E-state index contributed by atoms with van der Waals surface area (Å²) in [5.74, 6) is 7.70. The highest BCUT2D eigenvalue weighted by Gasteiger charge is 2.21. The van der Waals surface area contributed by atoms with E-state index < -0.39 is 10.0 Å². The first-order chi connectivity index (χ1) is 10.1. The molecule has 1 aliphatic rings. The first kappa shape index (κ1) is 16.4. The van der Waals surface area contributed by atoms with Crippen molar-refractivity contribution in [2.24, 2.45) is 0 Å². The zero-order chi connectivity index (χ0) is 15.1. The summed E-state index contributed by atoms with van der Waals surface area (Å²) in [6.45, 7) is 0.0308. The summed E-state index contributed by atoms with van der Waals surface area (Å²) in [4.78, 5) is 0.272. The molecule has 1 aromatic rings. The van der Waals surface area contributed by atoms with Gasteiger partial charge in [-0.15, -0.1) is 0 Å². The van der Waals surface area contributed by atoms with Crippen LogP contribution in [0.2, 0.25) is 0 Å². The van der Waals surface area contributed by atoms with E-state index in [0.29, 0.717) is 6.42 Å². The average Bonchev–Trinajstić information content (AvgIpc) is 2.49. The minimum absolute atomic E-state index is 0.0308. The van der Waals surface area contributed by atoms with Gasteiger partial charge in [0.25, 0.3) is 0 Å². The van der Waals surface area contributed by atoms with Crippen molar-refractivity contribution in [2.45, 2.75) is 30.2 Å². The number of hydrogen-bond acceptors (Lipinski definition) is 4. The van der Waals surface area contributed by atoms with Crippen LogP contribution in [0.3, 0.4) is 0 Å². The second kappa shape index (κ2) is 7.85. The Bertz CT molecular complexity index is 609. The van der Waals surface area contributed by atoms with Gasteiger partial charge < -0.3 is 5.11 Å². The Morgan fingerprint density at radius 2 is 1.90 bits per heavy atom. The van der Waals surface area contributed by atoms with E-state index in [0.717, 1.165) is 29.9 Å². The number of aliphatic hydroxyl groups is 1. The van der Waals surface area contributed by atoms with Crippen LogP contribution in [-0.4, -0.2) is 37.7 Å². The van der Waals surface area contributed by atoms with E-state index in [4.69, 9.17) is 5.11 Å². The predicted octanol–water partition coefficient (Wildman–Crippen LogP) is 1.59. The lowest BCUT2D eigenvalue weighted by Crippen LogP contribution is -2.37. The number of hydrogen-bond donors (Lipinski definition) is 2. The van der Waals surface area contributed by atoms with Crippen molar-refractivity contribution in [1.82, 2.24) is 4.72 Å². The molecule has 0 radical (unpaired) electrons. The second-order valence-corrected chi connectivity index (χ2v) is 7.75. The molecule has 2 N–H and O–H groups in total. The highest BCUT2D eigenvalue weighted by Crippen LogP contribution is 2.19. The summed E-state index contributed by atoms with van der Waals surface area (Å²) in [7, 11) is -3.45. The third kappa shape index (κ3) is 5.04. The fourth-order valence-corrected chi connectivity index (χ4v) is 4.45. The van der Waals surface area contributed by atoms with Crippen LogP contribution in [0, 0.1) is 11.8 Å². The third-order valence-corrected chi connectivity index (χ3v) is 5.76. The molecule has 0 unspecified atom stereocenters. The summed E-state index contributed by atoms with van der Waals surface area (Å²) >= 11 is 1.86. The van der Waals surface area contributed by atoms with Crippen molar-refractivity contribution in [3.8, 4) is 11.8 Å². The standard InChI is InChI=1S/C15H19NO3S2/c17-10-2-1-3-13-4-6-15(7-5-13)21(18,19)16-14-8-11-20-12-9-14/h4-7,14,16-17H,2,8-12H2. The lowest BCUT2D eigenvalue weighted by atomic mass is 10.2. The molecule has 1 aromatic carbocycles. The molecule has 0 amide bonds. The van der Waals surface area contributed by atoms with Crippen LogP contribution in [0.4, 0.5) is 0 Å². The molecular formula is C15H19NO3S2. The second-order valence-electron chi connectivity index (χ2n) is 4.81. The maximum Gasteiger partial charge on any atom is 0.240 e. The van der Waals surface area contributed by atoms with Crippen molar-refractivity contribution in [3.05, 3.63) is 29.8 Å². The highest BCUT2D eigenvalue weighted by molar-refractivity contribution is 7.99. The van der Waals surface area contributed by atoms with E-state index in [1.165, 1.54) is 0 Å². The molecule has 114 valence electrons. The van der Waals surface area contributed by atoms with Gasteiger partial charge in [0.15, 0.2) is 0 Å². The number of nitrogens with one attached hydrogen (secondary N) is 1. The van der Waals surface area contributed by atoms with Crippen LogP contribution in [0.1, 0.15) is 24.8 Å². The smallest absolute Gasteiger partial charge is 0.240 e. The molecule has 1 aliphatic heterocycles. The van der Waals surface area contributed by atoms with Gasteiger partial charge in [-0.2, -0.15) is 11.8 Å². The molecule has 6 heteroatoms. The summed E-state index contributed by atoms with van der Waals surface area (Å²) in [5, 5.41) is 8.66. The minimum atomic E-state index is -3.45. The Labute approximate surface area is 130 Å². The van der Waals surface area contributed by atoms with Gasteiger partial charge in [0.1, 0.15) is 0 Å². The van der Waals surface area contributed by atoms with Crippen molar-refractivity contribution in [2.75, 3.05) is 18.1 Å². The van der Waals surface area contributed by atoms with Gasteiger partial charge in [-0.25, -0.2) is 13.1 Å². The van der Waals surface area contributed by atoms with Crippen molar-refractivity contribution in [3.63, 3.8) is 0 Å². The Balaban J connectivity index is 2.04. The van der Waals surface area contributed by atoms with Gasteiger partial charge >= 0.3 is 0 Å². The molecule has 0 aromatic heterocycles. The maximum absolute atomic E-state index is 12.3. The molecular weight excluding hydrogens is 306 g/mol. The first-order valence-corrected chi connectivity index (χ1v) is 9.55. The van der Waals surface area contributed by atoms with Gasteiger partial charge in [-0.1, -0.05) is 11.8 Å². The van der Waals surface area contributed by atoms with Gasteiger partial charge in [-0.05, 0) is 48.6 Å². The maximum atomic E-state index is 12.3. The fourth-order valence-electron chi connectivity index (χ4n) is 2.04. The van der Waals surface area contributed by atoms with Crippen molar-refractivity contribution >= 4 is 21.8 Å². The minimum Gasteiger partial charge on any atom is -0.395 e. The van der Waals surface area contributed by atoms with Gasteiger partial charge in [0.05, 0.1) is 11.5 Å². The molecule has 0 atom stereocenters. The lowest BCUT2D eigenvalue weighted by Gasteiger charge is -2.22.